The molecule has 1 nitrogen and oxygen atoms in total. The number of hydrogen-bond donors (Lipinski definition) is 0. The smallest absolute Gasteiger partial charge is 0.294 e. The molecule has 0 atom stereocenters. The van der Waals surface area contributed by atoms with E-state index in [1.54, 1.807) is 11.4 Å². The van der Waals surface area contributed by atoms with Crippen LogP contribution in [0.3, 0.4) is 0 Å². The van der Waals surface area contributed by atoms with Crippen LogP contribution in [0.2, 0.25) is 0 Å². The standard InChI is InChI=1S/C13H7BrF4OS/c14-8-4-9(20-6-8)5-12(19)7-1-2-11(15)10(3-7)13(16,17)18/h1-4,6H,5H2. The highest BCUT2D eigenvalue weighted by atomic mass is 79.9. The molecule has 7 heteroatoms. The maximum atomic E-state index is 13.1. The number of benzene rings is 1. The molecule has 0 amide bonds. The Morgan fingerprint density at radius 1 is 1.25 bits per heavy atom. The maximum Gasteiger partial charge on any atom is 0.419 e. The lowest BCUT2D eigenvalue weighted by atomic mass is 10.0. The van der Waals surface area contributed by atoms with E-state index in [0.717, 1.165) is 15.4 Å². The SMILES string of the molecule is O=C(Cc1cc(Br)cs1)c1ccc(F)c(C(F)(F)F)c1. The predicted molar refractivity (Wildman–Crippen MR) is 71.5 cm³/mol. The van der Waals surface area contributed by atoms with Crippen LogP contribution in [0.4, 0.5) is 17.6 Å². The van der Waals surface area contributed by atoms with Gasteiger partial charge in [0, 0.05) is 26.7 Å². The van der Waals surface area contributed by atoms with Crippen molar-refractivity contribution in [2.24, 2.45) is 0 Å². The fourth-order valence-corrected chi connectivity index (χ4v) is 3.07. The molecule has 0 spiro atoms. The van der Waals surface area contributed by atoms with E-state index >= 15 is 0 Å². The van der Waals surface area contributed by atoms with E-state index in [9.17, 15) is 22.4 Å². The van der Waals surface area contributed by atoms with E-state index < -0.39 is 23.3 Å². The zero-order valence-electron chi connectivity index (χ0n) is 9.80. The molecule has 0 bridgehead atoms. The van der Waals surface area contributed by atoms with Crippen molar-refractivity contribution < 1.29 is 22.4 Å². The summed E-state index contributed by atoms with van der Waals surface area (Å²) in [6, 6.07) is 4.01. The van der Waals surface area contributed by atoms with Gasteiger partial charge in [-0.05, 0) is 40.2 Å². The van der Waals surface area contributed by atoms with Crippen molar-refractivity contribution in [2.45, 2.75) is 12.6 Å². The van der Waals surface area contributed by atoms with Crippen LogP contribution in [0.15, 0.2) is 34.1 Å². The Bertz CT molecular complexity index is 648. The number of carbonyl (C=O) groups is 1. The monoisotopic (exact) mass is 366 g/mol. The summed E-state index contributed by atoms with van der Waals surface area (Å²) < 4.78 is 51.6. The molecule has 0 saturated carbocycles. The molecule has 0 N–H and O–H groups in total. The number of ketones is 1. The molecule has 0 unspecified atom stereocenters. The summed E-state index contributed by atoms with van der Waals surface area (Å²) in [5.41, 5.74) is -1.57. The predicted octanol–water partition coefficient (Wildman–Crippen LogP) is 5.09. The molecule has 0 radical (unpaired) electrons. The summed E-state index contributed by atoms with van der Waals surface area (Å²) in [6.07, 6.45) is -4.83. The first-order chi connectivity index (χ1) is 9.27. The molecule has 1 aromatic heterocycles. The van der Waals surface area contributed by atoms with Crippen LogP contribution >= 0.6 is 27.3 Å². The first-order valence-electron chi connectivity index (χ1n) is 5.40. The summed E-state index contributed by atoms with van der Waals surface area (Å²) >= 11 is 4.55. The molecular formula is C13H7BrF4OS. The van der Waals surface area contributed by atoms with Crippen molar-refractivity contribution in [3.63, 3.8) is 0 Å². The molecule has 2 aromatic rings. The number of halogens is 5. The maximum absolute atomic E-state index is 13.1. The summed E-state index contributed by atoms with van der Waals surface area (Å²) in [5, 5.41) is 1.77. The van der Waals surface area contributed by atoms with Gasteiger partial charge in [0.25, 0.3) is 0 Å². The topological polar surface area (TPSA) is 17.1 Å². The summed E-state index contributed by atoms with van der Waals surface area (Å²) in [4.78, 5) is 12.6. The highest BCUT2D eigenvalue weighted by Crippen LogP contribution is 2.32. The lowest BCUT2D eigenvalue weighted by molar-refractivity contribution is -0.140. The molecule has 20 heavy (non-hydrogen) atoms. The Morgan fingerprint density at radius 3 is 2.50 bits per heavy atom. The summed E-state index contributed by atoms with van der Waals surface area (Å²) in [7, 11) is 0. The van der Waals surface area contributed by atoms with Crippen molar-refractivity contribution in [3.05, 3.63) is 55.9 Å². The first kappa shape index (κ1) is 15.2. The molecule has 0 aliphatic carbocycles. The number of thiophene rings is 1. The van der Waals surface area contributed by atoms with Crippen LogP contribution < -0.4 is 0 Å². The third-order valence-corrected chi connectivity index (χ3v) is 4.25. The van der Waals surface area contributed by atoms with Crippen LogP contribution in [0.25, 0.3) is 0 Å². The van der Waals surface area contributed by atoms with Crippen LogP contribution in [0.1, 0.15) is 20.8 Å². The molecule has 1 aromatic carbocycles. The largest absolute Gasteiger partial charge is 0.419 e. The van der Waals surface area contributed by atoms with Crippen molar-refractivity contribution >= 4 is 33.0 Å². The third-order valence-electron chi connectivity index (χ3n) is 2.55. The van der Waals surface area contributed by atoms with Crippen LogP contribution in [0.5, 0.6) is 0 Å². The molecule has 2 rings (SSSR count). The minimum atomic E-state index is -4.81. The second-order valence-electron chi connectivity index (χ2n) is 4.02. The van der Waals surface area contributed by atoms with Gasteiger partial charge >= 0.3 is 6.18 Å². The molecule has 1 heterocycles. The number of Topliss-reactive ketones (excluding diaryl/α,β-unsaturated/α-hetero) is 1. The van der Waals surface area contributed by atoms with Gasteiger partial charge in [0.2, 0.25) is 0 Å². The van der Waals surface area contributed by atoms with Crippen molar-refractivity contribution in [3.8, 4) is 0 Å². The van der Waals surface area contributed by atoms with Gasteiger partial charge in [-0.1, -0.05) is 0 Å². The van der Waals surface area contributed by atoms with Gasteiger partial charge in [-0.15, -0.1) is 11.3 Å². The van der Waals surface area contributed by atoms with Gasteiger partial charge in [-0.2, -0.15) is 13.2 Å². The number of rotatable bonds is 3. The fraction of sp³-hybridized carbons (Fsp3) is 0.154. The van der Waals surface area contributed by atoms with Crippen LogP contribution in [0, 0.1) is 5.82 Å². The van der Waals surface area contributed by atoms with Crippen molar-refractivity contribution in [1.29, 1.82) is 0 Å². The van der Waals surface area contributed by atoms with Gasteiger partial charge in [-0.3, -0.25) is 4.79 Å². The van der Waals surface area contributed by atoms with E-state index in [-0.39, 0.29) is 12.0 Å². The second-order valence-corrected chi connectivity index (χ2v) is 5.94. The molecule has 0 aliphatic heterocycles. The second kappa shape index (κ2) is 5.65. The Balaban J connectivity index is 2.27. The van der Waals surface area contributed by atoms with Gasteiger partial charge < -0.3 is 0 Å². The average Bonchev–Trinajstić information content (AvgIpc) is 2.73. The van der Waals surface area contributed by atoms with E-state index in [1.165, 1.54) is 11.3 Å². The van der Waals surface area contributed by atoms with E-state index in [4.69, 9.17) is 0 Å². The van der Waals surface area contributed by atoms with E-state index in [1.807, 2.05) is 0 Å². The summed E-state index contributed by atoms with van der Waals surface area (Å²) in [5.74, 6) is -1.86. The van der Waals surface area contributed by atoms with Crippen LogP contribution in [-0.4, -0.2) is 5.78 Å². The molecule has 0 aliphatic rings. The van der Waals surface area contributed by atoms with Gasteiger partial charge in [0.1, 0.15) is 5.82 Å². The third kappa shape index (κ3) is 3.46. The zero-order valence-corrected chi connectivity index (χ0v) is 12.2. The van der Waals surface area contributed by atoms with Gasteiger partial charge in [0.05, 0.1) is 5.56 Å². The minimum absolute atomic E-state index is 0.0147. The van der Waals surface area contributed by atoms with Crippen molar-refractivity contribution in [1.82, 2.24) is 0 Å². The number of carbonyl (C=O) groups excluding carboxylic acids is 1. The fourth-order valence-electron chi connectivity index (χ4n) is 1.62. The molecule has 106 valence electrons. The average molecular weight is 367 g/mol. The minimum Gasteiger partial charge on any atom is -0.294 e. The lowest BCUT2D eigenvalue weighted by Crippen LogP contribution is -2.11. The quantitative estimate of drug-likeness (QED) is 0.545. The molecule has 0 fully saturated rings. The van der Waals surface area contributed by atoms with E-state index in [2.05, 4.69) is 15.9 Å². The van der Waals surface area contributed by atoms with Gasteiger partial charge in [0.15, 0.2) is 5.78 Å². The Kier molecular flexibility index (Phi) is 4.29. The summed E-state index contributed by atoms with van der Waals surface area (Å²) in [6.45, 7) is 0. The van der Waals surface area contributed by atoms with E-state index in [0.29, 0.717) is 12.1 Å². The number of hydrogen-bond acceptors (Lipinski definition) is 2. The molecule has 0 saturated heterocycles. The highest BCUT2D eigenvalue weighted by molar-refractivity contribution is 9.10. The van der Waals surface area contributed by atoms with Gasteiger partial charge in [-0.25, -0.2) is 4.39 Å². The lowest BCUT2D eigenvalue weighted by Gasteiger charge is -2.09. The Morgan fingerprint density at radius 2 is 1.95 bits per heavy atom. The Hall–Kier alpha value is -1.21. The first-order valence-corrected chi connectivity index (χ1v) is 7.07. The Labute approximate surface area is 124 Å². The number of alkyl halides is 3. The highest BCUT2D eigenvalue weighted by Gasteiger charge is 2.34. The van der Waals surface area contributed by atoms with Crippen LogP contribution in [-0.2, 0) is 12.6 Å². The normalized spacial score (nSPS) is 11.7. The molecular weight excluding hydrogens is 360 g/mol. The van der Waals surface area contributed by atoms with Crippen molar-refractivity contribution in [2.75, 3.05) is 0 Å². The zero-order chi connectivity index (χ0) is 14.9.